The second-order valence-corrected chi connectivity index (χ2v) is 21.0. The molecule has 2 aliphatic rings. The summed E-state index contributed by atoms with van der Waals surface area (Å²) in [6.45, 7) is 25.1. The maximum Gasteiger partial charge on any atom is 0.349 e. The van der Waals surface area contributed by atoms with Crippen LogP contribution in [0.15, 0.2) is 24.3 Å². The summed E-state index contributed by atoms with van der Waals surface area (Å²) >= 11 is 0. The predicted molar refractivity (Wildman–Crippen MR) is 188 cm³/mol. The summed E-state index contributed by atoms with van der Waals surface area (Å²) in [5.74, 6) is 1.44. The van der Waals surface area contributed by atoms with Gasteiger partial charge in [-0.1, -0.05) is 81.4 Å². The van der Waals surface area contributed by atoms with E-state index in [0.717, 1.165) is 37.0 Å². The van der Waals surface area contributed by atoms with Crippen LogP contribution in [0.25, 0.3) is 0 Å². The van der Waals surface area contributed by atoms with Gasteiger partial charge in [-0.05, 0) is 56.2 Å². The van der Waals surface area contributed by atoms with Crippen LogP contribution in [0.4, 0.5) is 0 Å². The third kappa shape index (κ3) is 9.44. The molecule has 1 aromatic carbocycles. The molecule has 0 N–H and O–H groups in total. The van der Waals surface area contributed by atoms with Crippen LogP contribution < -0.4 is 4.74 Å². The minimum absolute atomic E-state index is 0.0103. The van der Waals surface area contributed by atoms with Crippen LogP contribution in [-0.4, -0.2) is 65.2 Å². The average Bonchev–Trinajstić information content (AvgIpc) is 3.00. The first-order valence-electron chi connectivity index (χ1n) is 17.8. The minimum atomic E-state index is -2.87. The lowest BCUT2D eigenvalue weighted by atomic mass is 9.79. The maximum atomic E-state index is 12.9. The molecule has 264 valence electrons. The standard InChI is InChI=1S/C38H66O7Si/c1-14-30(39)22-34(42-24-29-16-19-31(40-12)20-17-29)27(4)36-28(5)35(44-46(45-36,37(6,7)8)38(9,10)11)25(2)15-18-32-23-33(41-13)21-26(3)43-32/h16-17,19-20,25-28,32-36H,14-15,18,21-24H2,1-13H3/t25-,26-,27-,28-,32-,33+,34+,35-,36-/m0/s1. The topological polar surface area (TPSA) is 72.5 Å². The van der Waals surface area contributed by atoms with E-state index in [1.165, 1.54) is 0 Å². The molecule has 46 heavy (non-hydrogen) atoms. The average molecular weight is 663 g/mol. The Hall–Kier alpha value is -1.29. The molecule has 1 aromatic rings. The molecule has 0 amide bonds. The monoisotopic (exact) mass is 662 g/mol. The Kier molecular flexibility index (Phi) is 14.0. The van der Waals surface area contributed by atoms with Crippen LogP contribution in [-0.2, 0) is 34.5 Å². The number of rotatable bonds is 14. The number of ether oxygens (including phenoxy) is 4. The zero-order valence-corrected chi connectivity index (χ0v) is 32.3. The Morgan fingerprint density at radius 3 is 2.11 bits per heavy atom. The highest BCUT2D eigenvalue weighted by Gasteiger charge is 2.64. The third-order valence-corrected chi connectivity index (χ3v) is 15.7. The number of Topliss-reactive ketones (excluding diaryl/α,β-unsaturated/α-hetero) is 1. The van der Waals surface area contributed by atoms with Crippen molar-refractivity contribution in [1.29, 1.82) is 0 Å². The van der Waals surface area contributed by atoms with Gasteiger partial charge in [0.2, 0.25) is 0 Å². The molecule has 3 rings (SSSR count). The molecule has 2 heterocycles. The molecule has 0 radical (unpaired) electrons. The summed E-state index contributed by atoms with van der Waals surface area (Å²) in [6, 6.07) is 7.95. The van der Waals surface area contributed by atoms with Crippen LogP contribution in [0.2, 0.25) is 10.1 Å². The zero-order valence-electron chi connectivity index (χ0n) is 31.3. The second kappa shape index (κ2) is 16.4. The molecule has 0 saturated carbocycles. The molecule has 2 fully saturated rings. The van der Waals surface area contributed by atoms with E-state index >= 15 is 0 Å². The van der Waals surface area contributed by atoms with Gasteiger partial charge < -0.3 is 27.8 Å². The Labute approximate surface area is 282 Å². The molecule has 9 atom stereocenters. The first-order valence-corrected chi connectivity index (χ1v) is 19.6. The van der Waals surface area contributed by atoms with Crippen molar-refractivity contribution in [3.8, 4) is 5.75 Å². The lowest BCUT2D eigenvalue weighted by molar-refractivity contribution is -0.139. The van der Waals surface area contributed by atoms with Crippen molar-refractivity contribution in [3.05, 3.63) is 29.8 Å². The molecule has 8 heteroatoms. The molecule has 0 spiro atoms. The van der Waals surface area contributed by atoms with E-state index in [9.17, 15) is 4.79 Å². The van der Waals surface area contributed by atoms with E-state index in [1.54, 1.807) is 7.11 Å². The van der Waals surface area contributed by atoms with E-state index < -0.39 is 8.56 Å². The Balaban J connectivity index is 1.91. The van der Waals surface area contributed by atoms with Crippen LogP contribution >= 0.6 is 0 Å². The Morgan fingerprint density at radius 1 is 0.957 bits per heavy atom. The third-order valence-electron chi connectivity index (χ3n) is 10.5. The van der Waals surface area contributed by atoms with Gasteiger partial charge in [-0.2, -0.15) is 0 Å². The number of hydrogen-bond donors (Lipinski definition) is 0. The molecule has 0 aliphatic carbocycles. The van der Waals surface area contributed by atoms with Crippen LogP contribution in [0.5, 0.6) is 5.75 Å². The molecular formula is C38H66O7Si. The number of methoxy groups -OCH3 is 2. The Bertz CT molecular complexity index is 1060. The van der Waals surface area contributed by atoms with Crippen molar-refractivity contribution in [1.82, 2.24) is 0 Å². The smallest absolute Gasteiger partial charge is 0.349 e. The molecule has 7 nitrogen and oxygen atoms in total. The highest BCUT2D eigenvalue weighted by atomic mass is 28.4. The van der Waals surface area contributed by atoms with Crippen molar-refractivity contribution in [2.24, 2.45) is 17.8 Å². The summed E-state index contributed by atoms with van der Waals surface area (Å²) in [4.78, 5) is 12.9. The summed E-state index contributed by atoms with van der Waals surface area (Å²) in [5.41, 5.74) is 1.05. The van der Waals surface area contributed by atoms with Crippen LogP contribution in [0.1, 0.15) is 120 Å². The normalized spacial score (nSPS) is 29.2. The lowest BCUT2D eigenvalue weighted by Crippen LogP contribution is -2.68. The SMILES string of the molecule is CCC(=O)C[C@@H](OCc1ccc(OC)cc1)[C@H](C)[C@@H]1O[Si](C(C)(C)C)(C(C)(C)C)O[C@@H]([C@@H](C)CC[C@H]2C[C@H](OC)C[C@H](C)O2)[C@@H]1C. The largest absolute Gasteiger partial charge is 0.497 e. The summed E-state index contributed by atoms with van der Waals surface area (Å²) < 4.78 is 38.9. The highest BCUT2D eigenvalue weighted by molar-refractivity contribution is 6.73. The fraction of sp³-hybridized carbons (Fsp3) is 0.816. The van der Waals surface area contributed by atoms with Gasteiger partial charge in [0.25, 0.3) is 0 Å². The van der Waals surface area contributed by atoms with E-state index in [4.69, 9.17) is 27.8 Å². The fourth-order valence-corrected chi connectivity index (χ4v) is 13.3. The number of benzene rings is 1. The number of carbonyl (C=O) groups excluding carboxylic acids is 1. The Morgan fingerprint density at radius 2 is 1.57 bits per heavy atom. The first-order chi connectivity index (χ1) is 21.5. The van der Waals surface area contributed by atoms with Gasteiger partial charge >= 0.3 is 8.56 Å². The van der Waals surface area contributed by atoms with Gasteiger partial charge in [0.15, 0.2) is 0 Å². The lowest BCUT2D eigenvalue weighted by Gasteiger charge is -2.59. The van der Waals surface area contributed by atoms with Gasteiger partial charge in [-0.3, -0.25) is 4.79 Å². The summed E-state index contributed by atoms with van der Waals surface area (Å²) in [5, 5.41) is -0.346. The number of ketones is 1. The van der Waals surface area contributed by atoms with Crippen molar-refractivity contribution in [2.75, 3.05) is 14.2 Å². The maximum absolute atomic E-state index is 12.9. The van der Waals surface area contributed by atoms with Gasteiger partial charge in [-0.15, -0.1) is 0 Å². The van der Waals surface area contributed by atoms with Gasteiger partial charge in [-0.25, -0.2) is 0 Å². The van der Waals surface area contributed by atoms with Crippen molar-refractivity contribution < 1.29 is 32.6 Å². The molecular weight excluding hydrogens is 596 g/mol. The first kappa shape index (κ1) is 39.1. The summed E-state index contributed by atoms with van der Waals surface area (Å²) in [7, 11) is 0.608. The zero-order chi connectivity index (χ0) is 34.4. The molecule has 2 aliphatic heterocycles. The van der Waals surface area contributed by atoms with Crippen molar-refractivity contribution in [2.45, 2.75) is 168 Å². The van der Waals surface area contributed by atoms with E-state index in [0.29, 0.717) is 25.4 Å². The van der Waals surface area contributed by atoms with Crippen LogP contribution in [0, 0.1) is 17.8 Å². The van der Waals surface area contributed by atoms with E-state index in [-0.39, 0.29) is 64.3 Å². The van der Waals surface area contributed by atoms with Crippen LogP contribution in [0.3, 0.4) is 0 Å². The van der Waals surface area contributed by atoms with E-state index in [2.05, 4.69) is 69.2 Å². The van der Waals surface area contributed by atoms with Crippen molar-refractivity contribution >= 4 is 14.3 Å². The predicted octanol–water partition coefficient (Wildman–Crippen LogP) is 9.05. The number of carbonyl (C=O) groups is 1. The van der Waals surface area contributed by atoms with Gasteiger partial charge in [0.05, 0.1) is 50.3 Å². The van der Waals surface area contributed by atoms with Gasteiger partial charge in [0.1, 0.15) is 11.5 Å². The molecule has 0 bridgehead atoms. The molecule has 0 aromatic heterocycles. The van der Waals surface area contributed by atoms with E-state index in [1.807, 2.05) is 38.3 Å². The highest BCUT2D eigenvalue weighted by Crippen LogP contribution is 2.57. The second-order valence-electron chi connectivity index (χ2n) is 16.2. The van der Waals surface area contributed by atoms with Gasteiger partial charge in [0, 0.05) is 41.9 Å². The minimum Gasteiger partial charge on any atom is -0.497 e. The quantitative estimate of drug-likeness (QED) is 0.184. The molecule has 2 saturated heterocycles. The summed E-state index contributed by atoms with van der Waals surface area (Å²) in [6.07, 6.45) is 5.07. The number of hydrogen-bond acceptors (Lipinski definition) is 7. The van der Waals surface area contributed by atoms with Crippen molar-refractivity contribution in [3.63, 3.8) is 0 Å². The molecule has 0 unspecified atom stereocenters. The fourth-order valence-electron chi connectivity index (χ4n) is 7.96.